The van der Waals surface area contributed by atoms with Gasteiger partial charge in [-0.1, -0.05) is 74.4 Å². The average Bonchev–Trinajstić information content (AvgIpc) is 2.92. The van der Waals surface area contributed by atoms with Crippen LogP contribution in [-0.2, 0) is 12.0 Å². The SMILES string of the molecule is COc1ccc(C(C#N)(CC#CC[NH2+]Cc2cc3ccccc3c3ccccc23)C(C)C)cc1OC.[Cl-]. The summed E-state index contributed by atoms with van der Waals surface area (Å²) >= 11 is 0. The van der Waals surface area contributed by atoms with Crippen molar-refractivity contribution in [1.29, 1.82) is 5.26 Å². The monoisotopic (exact) mass is 512 g/mol. The highest BCUT2D eigenvalue weighted by Crippen LogP contribution is 2.39. The van der Waals surface area contributed by atoms with Crippen LogP contribution in [0.15, 0.2) is 72.8 Å². The van der Waals surface area contributed by atoms with Crippen LogP contribution in [0.4, 0.5) is 0 Å². The summed E-state index contributed by atoms with van der Waals surface area (Å²) in [5, 5.41) is 17.6. The van der Waals surface area contributed by atoms with E-state index in [1.807, 2.05) is 18.2 Å². The van der Waals surface area contributed by atoms with E-state index >= 15 is 0 Å². The van der Waals surface area contributed by atoms with Crippen LogP contribution < -0.4 is 27.2 Å². The number of halogens is 1. The number of quaternary nitrogens is 1. The van der Waals surface area contributed by atoms with Crippen molar-refractivity contribution in [1.82, 2.24) is 0 Å². The lowest BCUT2D eigenvalue weighted by Gasteiger charge is -2.30. The molecule has 0 aliphatic carbocycles. The quantitative estimate of drug-likeness (QED) is 0.224. The van der Waals surface area contributed by atoms with Gasteiger partial charge in [0.25, 0.3) is 0 Å². The third kappa shape index (κ3) is 5.67. The summed E-state index contributed by atoms with van der Waals surface area (Å²) in [7, 11) is 3.22. The third-order valence-electron chi connectivity index (χ3n) is 7.04. The van der Waals surface area contributed by atoms with Crippen LogP contribution in [0.2, 0.25) is 0 Å². The Morgan fingerprint density at radius 2 is 1.51 bits per heavy atom. The first-order valence-corrected chi connectivity index (χ1v) is 12.3. The number of hydrogen-bond acceptors (Lipinski definition) is 3. The maximum atomic E-state index is 10.2. The summed E-state index contributed by atoms with van der Waals surface area (Å²) in [6.45, 7) is 5.66. The van der Waals surface area contributed by atoms with E-state index in [4.69, 9.17) is 9.47 Å². The molecule has 0 spiro atoms. The smallest absolute Gasteiger partial charge is 0.161 e. The third-order valence-corrected chi connectivity index (χ3v) is 7.04. The molecule has 37 heavy (non-hydrogen) atoms. The van der Waals surface area contributed by atoms with Gasteiger partial charge in [-0.25, -0.2) is 0 Å². The first-order valence-electron chi connectivity index (χ1n) is 12.3. The van der Waals surface area contributed by atoms with Crippen LogP contribution in [0.1, 0.15) is 31.4 Å². The average molecular weight is 513 g/mol. The molecule has 1 atom stereocenters. The Kier molecular flexibility index (Phi) is 9.42. The minimum Gasteiger partial charge on any atom is -1.00 e. The summed E-state index contributed by atoms with van der Waals surface area (Å²) in [4.78, 5) is 0. The highest BCUT2D eigenvalue weighted by atomic mass is 35.5. The molecule has 0 saturated heterocycles. The predicted molar refractivity (Wildman–Crippen MR) is 146 cm³/mol. The molecule has 0 aliphatic rings. The zero-order valence-electron chi connectivity index (χ0n) is 21.8. The highest BCUT2D eigenvalue weighted by molar-refractivity contribution is 6.08. The van der Waals surface area contributed by atoms with Crippen molar-refractivity contribution >= 4 is 21.5 Å². The van der Waals surface area contributed by atoms with E-state index in [1.165, 1.54) is 27.1 Å². The Balaban J connectivity index is 0.00000380. The molecule has 4 rings (SSSR count). The van der Waals surface area contributed by atoms with Gasteiger partial charge in [-0.15, -0.1) is 0 Å². The van der Waals surface area contributed by atoms with Gasteiger partial charge in [0.15, 0.2) is 11.5 Å². The van der Waals surface area contributed by atoms with Crippen molar-refractivity contribution < 1.29 is 27.2 Å². The second-order valence-corrected chi connectivity index (χ2v) is 9.34. The first kappa shape index (κ1) is 27.9. The number of nitrogens with two attached hydrogens (primary N) is 1. The number of nitrogens with zero attached hydrogens (tertiary/aromatic N) is 1. The lowest BCUT2D eigenvalue weighted by atomic mass is 9.70. The molecular formula is C32H33ClN2O2. The van der Waals surface area contributed by atoms with Crippen molar-refractivity contribution in [2.45, 2.75) is 32.2 Å². The van der Waals surface area contributed by atoms with Crippen LogP contribution in [-0.4, -0.2) is 20.8 Å². The van der Waals surface area contributed by atoms with Crippen LogP contribution in [0.25, 0.3) is 21.5 Å². The molecule has 190 valence electrons. The van der Waals surface area contributed by atoms with Crippen molar-refractivity contribution in [3.63, 3.8) is 0 Å². The molecule has 0 amide bonds. The zero-order chi connectivity index (χ0) is 25.5. The standard InChI is InChI=1S/C32H32N2O2.ClH/c1-23(2)32(22-33,26-15-16-30(35-3)31(20-26)36-4)17-9-10-18-34-21-25-19-24-11-5-6-12-27(24)29-14-8-7-13-28(25)29;/h5-8,11-16,19-20,23,34H,17-18,21H2,1-4H3;1H. The van der Waals surface area contributed by atoms with Gasteiger partial charge in [0.2, 0.25) is 0 Å². The van der Waals surface area contributed by atoms with Crippen molar-refractivity contribution in [3.05, 3.63) is 83.9 Å². The topological polar surface area (TPSA) is 58.9 Å². The molecule has 0 bridgehead atoms. The Labute approximate surface area is 226 Å². The number of hydrogen-bond donors (Lipinski definition) is 1. The molecule has 4 aromatic carbocycles. The van der Waals surface area contributed by atoms with E-state index in [1.54, 1.807) is 14.2 Å². The van der Waals surface area contributed by atoms with E-state index in [2.05, 4.69) is 91.7 Å². The molecule has 0 fully saturated rings. The highest BCUT2D eigenvalue weighted by Gasteiger charge is 2.36. The Bertz CT molecular complexity index is 1480. The summed E-state index contributed by atoms with van der Waals surface area (Å²) in [5.74, 6) is 7.96. The molecule has 0 aliphatic heterocycles. The lowest BCUT2D eigenvalue weighted by Crippen LogP contribution is -3.00. The van der Waals surface area contributed by atoms with Crippen molar-refractivity contribution in [2.24, 2.45) is 5.92 Å². The van der Waals surface area contributed by atoms with Crippen LogP contribution >= 0.6 is 0 Å². The second-order valence-electron chi connectivity index (χ2n) is 9.34. The number of nitriles is 1. The summed E-state index contributed by atoms with van der Waals surface area (Å²) in [6, 6.07) is 27.7. The normalized spacial score (nSPS) is 12.2. The Morgan fingerprint density at radius 1 is 0.838 bits per heavy atom. The molecule has 4 nitrogen and oxygen atoms in total. The van der Waals surface area contributed by atoms with Gasteiger partial charge in [0.05, 0.1) is 25.7 Å². The van der Waals surface area contributed by atoms with Gasteiger partial charge in [0, 0.05) is 12.0 Å². The van der Waals surface area contributed by atoms with Crippen LogP contribution in [0, 0.1) is 29.1 Å². The predicted octanol–water partition coefficient (Wildman–Crippen LogP) is 2.59. The maximum absolute atomic E-state index is 10.2. The van der Waals surface area contributed by atoms with Crippen molar-refractivity contribution in [3.8, 4) is 29.4 Å². The first-order chi connectivity index (χ1) is 17.5. The Hall–Kier alpha value is -3.70. The number of methoxy groups -OCH3 is 2. The molecule has 0 saturated carbocycles. The zero-order valence-corrected chi connectivity index (χ0v) is 22.6. The molecular weight excluding hydrogens is 480 g/mol. The fourth-order valence-corrected chi connectivity index (χ4v) is 4.86. The minimum atomic E-state index is -0.721. The fraction of sp³-hybridized carbons (Fsp3) is 0.281. The van der Waals surface area contributed by atoms with Gasteiger partial charge in [0.1, 0.15) is 13.1 Å². The molecule has 1 unspecified atom stereocenters. The van der Waals surface area contributed by atoms with Gasteiger partial charge in [-0.3, -0.25) is 0 Å². The van der Waals surface area contributed by atoms with Crippen LogP contribution in [0.5, 0.6) is 11.5 Å². The summed E-state index contributed by atoms with van der Waals surface area (Å²) in [5.41, 5.74) is 1.49. The number of benzene rings is 4. The van der Waals surface area contributed by atoms with Crippen molar-refractivity contribution in [2.75, 3.05) is 20.8 Å². The molecule has 5 heteroatoms. The Morgan fingerprint density at radius 3 is 2.19 bits per heavy atom. The van der Waals surface area contributed by atoms with E-state index in [9.17, 15) is 5.26 Å². The van der Waals surface area contributed by atoms with E-state index in [-0.39, 0.29) is 18.3 Å². The second kappa shape index (κ2) is 12.5. The maximum Gasteiger partial charge on any atom is 0.161 e. The number of rotatable bonds is 8. The van der Waals surface area contributed by atoms with Crippen LogP contribution in [0.3, 0.4) is 0 Å². The van der Waals surface area contributed by atoms with E-state index in [0.29, 0.717) is 24.5 Å². The lowest BCUT2D eigenvalue weighted by molar-refractivity contribution is -0.659. The van der Waals surface area contributed by atoms with Gasteiger partial charge in [-0.05, 0) is 57.1 Å². The molecule has 4 aromatic rings. The summed E-state index contributed by atoms with van der Waals surface area (Å²) in [6.07, 6.45) is 0.462. The summed E-state index contributed by atoms with van der Waals surface area (Å²) < 4.78 is 10.8. The van der Waals surface area contributed by atoms with Gasteiger partial charge in [-0.2, -0.15) is 5.26 Å². The molecule has 0 aromatic heterocycles. The van der Waals surface area contributed by atoms with Gasteiger partial charge >= 0.3 is 0 Å². The number of ether oxygens (including phenoxy) is 2. The minimum absolute atomic E-state index is 0. The fourth-order valence-electron chi connectivity index (χ4n) is 4.86. The van der Waals surface area contributed by atoms with Gasteiger partial charge < -0.3 is 27.2 Å². The molecule has 0 heterocycles. The van der Waals surface area contributed by atoms with E-state index in [0.717, 1.165) is 12.1 Å². The largest absolute Gasteiger partial charge is 1.00 e. The molecule has 0 radical (unpaired) electrons. The number of fused-ring (bicyclic) bond motifs is 3. The molecule has 2 N–H and O–H groups in total. The van der Waals surface area contributed by atoms with E-state index < -0.39 is 5.41 Å².